The normalized spacial score (nSPS) is 13.1. The highest BCUT2D eigenvalue weighted by Gasteiger charge is 2.50. The number of hydrogen-bond acceptors (Lipinski definition) is 4. The molecule has 5 heteroatoms. The van der Waals surface area contributed by atoms with Crippen molar-refractivity contribution in [2.75, 3.05) is 0 Å². The standard InChI is InChI=1S/C58H36N4S/c1-2-14-39(15-3-1)55-59-56(40-28-26-37(27-29-40)38-30-33-42(34-31-38)62-51-23-11-6-18-45(51)46-19-7-12-24-52(46)62)61-57(60-55)41-32-35-50-54(36-41)63-53-25-13-10-22-49(53)58(50)47-20-8-4-16-43(47)44-17-5-9-21-48(44)58/h1-36H. The van der Waals surface area contributed by atoms with Crippen molar-refractivity contribution >= 4 is 33.6 Å². The van der Waals surface area contributed by atoms with Crippen LogP contribution in [0.15, 0.2) is 228 Å². The monoisotopic (exact) mass is 820 g/mol. The van der Waals surface area contributed by atoms with E-state index in [9.17, 15) is 0 Å². The van der Waals surface area contributed by atoms with Crippen LogP contribution in [0.4, 0.5) is 0 Å². The van der Waals surface area contributed by atoms with Crippen molar-refractivity contribution in [1.82, 2.24) is 19.5 Å². The minimum absolute atomic E-state index is 0.435. The van der Waals surface area contributed by atoms with E-state index in [1.165, 1.54) is 65.0 Å². The molecule has 1 aliphatic carbocycles. The van der Waals surface area contributed by atoms with Crippen molar-refractivity contribution in [1.29, 1.82) is 0 Å². The van der Waals surface area contributed by atoms with Gasteiger partial charge in [-0.15, -0.1) is 0 Å². The molecular weight excluding hydrogens is 785 g/mol. The van der Waals surface area contributed by atoms with Gasteiger partial charge < -0.3 is 4.57 Å². The first kappa shape index (κ1) is 35.9. The number of benzene rings is 9. The van der Waals surface area contributed by atoms with E-state index in [2.05, 4.69) is 205 Å². The predicted octanol–water partition coefficient (Wildman–Crippen LogP) is 14.5. The fraction of sp³-hybridized carbons (Fsp3) is 0.0172. The maximum absolute atomic E-state index is 5.21. The van der Waals surface area contributed by atoms with Gasteiger partial charge in [-0.2, -0.15) is 0 Å². The van der Waals surface area contributed by atoms with Gasteiger partial charge in [0.15, 0.2) is 17.5 Å². The lowest BCUT2D eigenvalue weighted by molar-refractivity contribution is 0.722. The van der Waals surface area contributed by atoms with Crippen LogP contribution in [0, 0.1) is 0 Å². The Hall–Kier alpha value is -7.86. The molecule has 0 amide bonds. The third-order valence-electron chi connectivity index (χ3n) is 13.0. The van der Waals surface area contributed by atoms with Crippen LogP contribution in [0.2, 0.25) is 0 Å². The molecule has 4 nitrogen and oxygen atoms in total. The molecule has 0 radical (unpaired) electrons. The van der Waals surface area contributed by atoms with Gasteiger partial charge in [-0.25, -0.2) is 15.0 Å². The van der Waals surface area contributed by atoms with E-state index in [1.54, 1.807) is 0 Å². The Kier molecular flexibility index (Phi) is 8.02. The zero-order valence-electron chi connectivity index (χ0n) is 34.0. The first-order valence-corrected chi connectivity index (χ1v) is 22.2. The van der Waals surface area contributed by atoms with Crippen LogP contribution in [0.25, 0.3) is 83.9 Å². The molecule has 0 saturated carbocycles. The molecule has 0 bridgehead atoms. The maximum Gasteiger partial charge on any atom is 0.164 e. The summed E-state index contributed by atoms with van der Waals surface area (Å²) in [6.07, 6.45) is 0. The van der Waals surface area contributed by atoms with Gasteiger partial charge in [0.05, 0.1) is 16.4 Å². The fourth-order valence-corrected chi connectivity index (χ4v) is 11.4. The van der Waals surface area contributed by atoms with E-state index >= 15 is 0 Å². The number of hydrogen-bond donors (Lipinski definition) is 0. The molecule has 2 aliphatic rings. The molecule has 1 spiro atoms. The van der Waals surface area contributed by atoms with Crippen LogP contribution in [0.5, 0.6) is 0 Å². The van der Waals surface area contributed by atoms with Crippen molar-refractivity contribution < 1.29 is 0 Å². The molecule has 13 rings (SSSR count). The summed E-state index contributed by atoms with van der Waals surface area (Å²) >= 11 is 1.83. The molecule has 63 heavy (non-hydrogen) atoms. The second kappa shape index (κ2) is 14.1. The first-order valence-electron chi connectivity index (χ1n) is 21.3. The molecule has 1 aliphatic heterocycles. The summed E-state index contributed by atoms with van der Waals surface area (Å²) in [5, 5.41) is 2.52. The van der Waals surface area contributed by atoms with Crippen molar-refractivity contribution in [2.45, 2.75) is 15.2 Å². The third-order valence-corrected chi connectivity index (χ3v) is 14.1. The molecule has 11 aromatic rings. The van der Waals surface area contributed by atoms with Gasteiger partial charge in [0.25, 0.3) is 0 Å². The minimum Gasteiger partial charge on any atom is -0.309 e. The summed E-state index contributed by atoms with van der Waals surface area (Å²) < 4.78 is 2.35. The first-order chi connectivity index (χ1) is 31.2. The van der Waals surface area contributed by atoms with Crippen LogP contribution in [-0.4, -0.2) is 19.5 Å². The molecule has 0 unspecified atom stereocenters. The van der Waals surface area contributed by atoms with Crippen molar-refractivity contribution in [3.05, 3.63) is 241 Å². The van der Waals surface area contributed by atoms with Crippen LogP contribution in [0.1, 0.15) is 22.3 Å². The lowest BCUT2D eigenvalue weighted by Gasteiger charge is -2.39. The summed E-state index contributed by atoms with van der Waals surface area (Å²) in [5.41, 5.74) is 16.1. The molecule has 3 heterocycles. The molecular formula is C58H36N4S. The predicted molar refractivity (Wildman–Crippen MR) is 257 cm³/mol. The van der Waals surface area contributed by atoms with E-state index in [0.29, 0.717) is 17.5 Å². The Balaban J connectivity index is 0.894. The highest BCUT2D eigenvalue weighted by molar-refractivity contribution is 7.99. The SMILES string of the molecule is c1ccc(-c2nc(-c3ccc(-c4ccc(-n5c6ccccc6c6ccccc65)cc4)cc3)nc(-c3ccc4c(c3)Sc3ccccc3C43c4ccccc4-c4ccccc43)n2)cc1. The Morgan fingerprint density at radius 3 is 1.41 bits per heavy atom. The average Bonchev–Trinajstić information content (AvgIpc) is 3.85. The second-order valence-corrected chi connectivity index (χ2v) is 17.4. The van der Waals surface area contributed by atoms with Crippen molar-refractivity contribution in [3.63, 3.8) is 0 Å². The van der Waals surface area contributed by atoms with Gasteiger partial charge in [0, 0.05) is 42.9 Å². The van der Waals surface area contributed by atoms with Crippen LogP contribution >= 0.6 is 11.8 Å². The molecule has 0 fully saturated rings. The van der Waals surface area contributed by atoms with Crippen molar-refractivity contribution in [2.24, 2.45) is 0 Å². The van der Waals surface area contributed by atoms with E-state index in [0.717, 1.165) is 33.5 Å². The zero-order chi connectivity index (χ0) is 41.5. The molecule has 2 aromatic heterocycles. The Morgan fingerprint density at radius 2 is 0.778 bits per heavy atom. The largest absolute Gasteiger partial charge is 0.309 e. The minimum atomic E-state index is -0.435. The number of nitrogens with zero attached hydrogens (tertiary/aromatic N) is 4. The van der Waals surface area contributed by atoms with Crippen molar-refractivity contribution in [3.8, 4) is 62.1 Å². The van der Waals surface area contributed by atoms with Gasteiger partial charge in [-0.05, 0) is 80.9 Å². The van der Waals surface area contributed by atoms with Gasteiger partial charge in [0.1, 0.15) is 0 Å². The van der Waals surface area contributed by atoms with E-state index in [1.807, 2.05) is 30.0 Å². The molecule has 0 saturated heterocycles. The number of fused-ring (bicyclic) bond motifs is 12. The number of aromatic nitrogens is 4. The quantitative estimate of drug-likeness (QED) is 0.173. The Labute approximate surface area is 369 Å². The molecule has 294 valence electrons. The summed E-state index contributed by atoms with van der Waals surface area (Å²) in [7, 11) is 0. The highest BCUT2D eigenvalue weighted by Crippen LogP contribution is 2.62. The lowest BCUT2D eigenvalue weighted by Crippen LogP contribution is -2.31. The fourth-order valence-electron chi connectivity index (χ4n) is 10.2. The van der Waals surface area contributed by atoms with Crippen LogP contribution < -0.4 is 0 Å². The summed E-state index contributed by atoms with van der Waals surface area (Å²) in [4.78, 5) is 17.9. The second-order valence-electron chi connectivity index (χ2n) is 16.3. The number of rotatable bonds is 5. The lowest BCUT2D eigenvalue weighted by atomic mass is 9.67. The number of para-hydroxylation sites is 2. The van der Waals surface area contributed by atoms with Gasteiger partial charge in [-0.3, -0.25) is 0 Å². The molecule has 9 aromatic carbocycles. The summed E-state index contributed by atoms with van der Waals surface area (Å²) in [6.45, 7) is 0. The average molecular weight is 821 g/mol. The molecule has 0 N–H and O–H groups in total. The van der Waals surface area contributed by atoms with Gasteiger partial charge in [0.2, 0.25) is 0 Å². The van der Waals surface area contributed by atoms with Gasteiger partial charge in [-0.1, -0.05) is 194 Å². The Morgan fingerprint density at radius 1 is 0.333 bits per heavy atom. The van der Waals surface area contributed by atoms with Gasteiger partial charge >= 0.3 is 0 Å². The summed E-state index contributed by atoms with van der Waals surface area (Å²) in [5.74, 6) is 1.93. The third kappa shape index (κ3) is 5.46. The maximum atomic E-state index is 5.21. The van der Waals surface area contributed by atoms with E-state index in [-0.39, 0.29) is 0 Å². The van der Waals surface area contributed by atoms with Crippen LogP contribution in [-0.2, 0) is 5.41 Å². The summed E-state index contributed by atoms with van der Waals surface area (Å²) in [6, 6.07) is 78.5. The van der Waals surface area contributed by atoms with Crippen LogP contribution in [0.3, 0.4) is 0 Å². The Bertz CT molecular complexity index is 3490. The topological polar surface area (TPSA) is 43.6 Å². The smallest absolute Gasteiger partial charge is 0.164 e. The van der Waals surface area contributed by atoms with E-state index < -0.39 is 5.41 Å². The van der Waals surface area contributed by atoms with E-state index in [4.69, 9.17) is 15.0 Å². The molecule has 0 atom stereocenters. The highest BCUT2D eigenvalue weighted by atomic mass is 32.2. The zero-order valence-corrected chi connectivity index (χ0v) is 34.8.